The van der Waals surface area contributed by atoms with Crippen molar-refractivity contribution in [2.45, 2.75) is 24.7 Å². The molecule has 10 heteroatoms. The Kier molecular flexibility index (Phi) is 6.03. The van der Waals surface area contributed by atoms with E-state index in [-0.39, 0.29) is 5.92 Å². The second kappa shape index (κ2) is 9.13. The molecule has 1 unspecified atom stereocenters. The predicted molar refractivity (Wildman–Crippen MR) is 125 cm³/mol. The Balaban J connectivity index is 1.73. The van der Waals surface area contributed by atoms with Crippen molar-refractivity contribution in [3.8, 4) is 5.75 Å². The van der Waals surface area contributed by atoms with Gasteiger partial charge in [-0.25, -0.2) is 14.4 Å². The molecule has 2 aromatic heterocycles. The van der Waals surface area contributed by atoms with Gasteiger partial charge in [-0.05, 0) is 25.5 Å². The second-order valence-corrected chi connectivity index (χ2v) is 8.20. The third kappa shape index (κ3) is 3.83. The summed E-state index contributed by atoms with van der Waals surface area (Å²) in [5.41, 5.74) is 1.66. The van der Waals surface area contributed by atoms with Gasteiger partial charge in [0, 0.05) is 38.3 Å². The molecule has 1 atom stereocenters. The summed E-state index contributed by atoms with van der Waals surface area (Å²) in [5.74, 6) is -0.346. The quantitative estimate of drug-likeness (QED) is 0.400. The molecule has 4 aromatic rings. The first kappa shape index (κ1) is 22.5. The lowest BCUT2D eigenvalue weighted by Crippen LogP contribution is -2.40. The topological polar surface area (TPSA) is 94.8 Å². The van der Waals surface area contributed by atoms with Crippen molar-refractivity contribution in [3.05, 3.63) is 59.7 Å². The minimum absolute atomic E-state index is 0.149. The smallest absolute Gasteiger partial charge is 0.279 e. The van der Waals surface area contributed by atoms with E-state index < -0.39 is 11.7 Å². The first-order valence-electron chi connectivity index (χ1n) is 11.2. The van der Waals surface area contributed by atoms with Crippen LogP contribution in [0, 0.1) is 5.82 Å². The minimum atomic E-state index is -1.35. The molecule has 1 saturated heterocycles. The van der Waals surface area contributed by atoms with Gasteiger partial charge in [-0.2, -0.15) is 4.52 Å². The van der Waals surface area contributed by atoms with Crippen molar-refractivity contribution in [3.63, 3.8) is 0 Å². The highest BCUT2D eigenvalue weighted by atomic mass is 19.1. The lowest BCUT2D eigenvalue weighted by molar-refractivity contribution is -0.194. The summed E-state index contributed by atoms with van der Waals surface area (Å²) in [6.45, 7) is 1.76. The molecular weight excluding hydrogens is 439 g/mol. The lowest BCUT2D eigenvalue weighted by atomic mass is 9.99. The van der Waals surface area contributed by atoms with Crippen molar-refractivity contribution in [1.82, 2.24) is 24.9 Å². The zero-order chi connectivity index (χ0) is 23.7. The van der Waals surface area contributed by atoms with E-state index in [1.54, 1.807) is 4.52 Å². The zero-order valence-corrected chi connectivity index (χ0v) is 19.3. The average Bonchev–Trinajstić information content (AvgIpc) is 3.34. The summed E-state index contributed by atoms with van der Waals surface area (Å²) in [4.78, 5) is 9.59. The molecule has 2 aromatic carbocycles. The minimum Gasteiger partial charge on any atom is -0.494 e. The van der Waals surface area contributed by atoms with Crippen molar-refractivity contribution >= 4 is 22.5 Å². The van der Waals surface area contributed by atoms with Gasteiger partial charge in [0.25, 0.3) is 5.91 Å². The van der Waals surface area contributed by atoms with Crippen LogP contribution in [0.25, 0.3) is 16.6 Å². The molecule has 0 bridgehead atoms. The summed E-state index contributed by atoms with van der Waals surface area (Å²) >= 11 is 0. The van der Waals surface area contributed by atoms with Crippen LogP contribution in [0.4, 0.5) is 10.3 Å². The van der Waals surface area contributed by atoms with Gasteiger partial charge in [-0.15, -0.1) is 5.10 Å². The summed E-state index contributed by atoms with van der Waals surface area (Å²) in [6, 6.07) is 12.2. The average molecular weight is 467 g/mol. The summed E-state index contributed by atoms with van der Waals surface area (Å²) < 4.78 is 33.1. The van der Waals surface area contributed by atoms with Crippen LogP contribution in [0.15, 0.2) is 42.5 Å². The fourth-order valence-corrected chi connectivity index (χ4v) is 4.44. The molecule has 1 fully saturated rings. The van der Waals surface area contributed by atoms with Gasteiger partial charge in [-0.1, -0.05) is 30.3 Å². The predicted octanol–water partition coefficient (Wildman–Crippen LogP) is 3.41. The molecule has 0 amide bonds. The Labute approximate surface area is 196 Å². The summed E-state index contributed by atoms with van der Waals surface area (Å²) in [5, 5.41) is 11.9. The third-order valence-corrected chi connectivity index (χ3v) is 6.21. The number of nitrogens with one attached hydrogen (secondary N) is 2. The van der Waals surface area contributed by atoms with E-state index in [2.05, 4.69) is 10.6 Å². The lowest BCUT2D eigenvalue weighted by Gasteiger charge is -2.32. The maximum Gasteiger partial charge on any atom is 0.279 e. The number of benzene rings is 2. The number of aromatic nitrogens is 4. The molecule has 0 spiro atoms. The van der Waals surface area contributed by atoms with Gasteiger partial charge in [0.05, 0.1) is 12.5 Å². The highest BCUT2D eigenvalue weighted by Gasteiger charge is 2.35. The van der Waals surface area contributed by atoms with Crippen LogP contribution in [-0.2, 0) is 15.4 Å². The highest BCUT2D eigenvalue weighted by molar-refractivity contribution is 5.96. The van der Waals surface area contributed by atoms with E-state index in [9.17, 15) is 4.39 Å². The number of anilines is 1. The van der Waals surface area contributed by atoms with Crippen LogP contribution in [0.2, 0.25) is 0 Å². The van der Waals surface area contributed by atoms with Gasteiger partial charge < -0.3 is 19.5 Å². The fourth-order valence-electron chi connectivity index (χ4n) is 4.44. The van der Waals surface area contributed by atoms with Gasteiger partial charge in [0.2, 0.25) is 5.95 Å². The fraction of sp³-hybridized carbons (Fsp3) is 0.375. The van der Waals surface area contributed by atoms with Crippen molar-refractivity contribution in [2.75, 3.05) is 39.7 Å². The van der Waals surface area contributed by atoms with E-state index in [1.807, 2.05) is 30.3 Å². The number of hydrogen-bond acceptors (Lipinski definition) is 8. The molecule has 178 valence electrons. The van der Waals surface area contributed by atoms with Crippen LogP contribution < -0.4 is 15.4 Å². The summed E-state index contributed by atoms with van der Waals surface area (Å²) in [7, 11) is 4.56. The van der Waals surface area contributed by atoms with E-state index >= 15 is 0 Å². The number of methoxy groups -OCH3 is 3. The number of rotatable bonds is 7. The van der Waals surface area contributed by atoms with Crippen molar-refractivity contribution in [1.29, 1.82) is 0 Å². The van der Waals surface area contributed by atoms with Crippen LogP contribution in [-0.4, -0.2) is 54.0 Å². The van der Waals surface area contributed by atoms with Gasteiger partial charge in [0.15, 0.2) is 11.5 Å². The van der Waals surface area contributed by atoms with Gasteiger partial charge in [0.1, 0.15) is 17.1 Å². The van der Waals surface area contributed by atoms with Crippen LogP contribution in [0.1, 0.15) is 30.1 Å². The summed E-state index contributed by atoms with van der Waals surface area (Å²) in [6.07, 6.45) is 2.01. The van der Waals surface area contributed by atoms with E-state index in [1.165, 1.54) is 33.5 Å². The molecular formula is C24H27FN6O3. The molecule has 9 nitrogen and oxygen atoms in total. The molecule has 0 aliphatic carbocycles. The van der Waals surface area contributed by atoms with Crippen molar-refractivity contribution in [2.24, 2.45) is 0 Å². The maximum absolute atomic E-state index is 14.4. The molecule has 0 saturated carbocycles. The molecule has 0 radical (unpaired) electrons. The maximum atomic E-state index is 14.4. The Morgan fingerprint density at radius 2 is 1.91 bits per heavy atom. The number of nitrogens with zero attached hydrogens (tertiary/aromatic N) is 4. The number of fused-ring (bicyclic) bond motifs is 3. The highest BCUT2D eigenvalue weighted by Crippen LogP contribution is 2.34. The monoisotopic (exact) mass is 466 g/mol. The Bertz CT molecular complexity index is 1300. The molecule has 3 heterocycles. The molecule has 1 aliphatic heterocycles. The number of hydrogen-bond donors (Lipinski definition) is 2. The van der Waals surface area contributed by atoms with Gasteiger partial charge >= 0.3 is 0 Å². The molecule has 2 N–H and O–H groups in total. The number of piperidine rings is 1. The Morgan fingerprint density at radius 3 is 2.59 bits per heavy atom. The van der Waals surface area contributed by atoms with E-state index in [0.29, 0.717) is 34.1 Å². The van der Waals surface area contributed by atoms with E-state index in [0.717, 1.165) is 31.5 Å². The molecule has 1 aliphatic rings. The van der Waals surface area contributed by atoms with Crippen LogP contribution >= 0.6 is 0 Å². The second-order valence-electron chi connectivity index (χ2n) is 8.20. The van der Waals surface area contributed by atoms with Gasteiger partial charge in [-0.3, -0.25) is 5.32 Å². The Hall–Kier alpha value is -3.34. The van der Waals surface area contributed by atoms with Crippen LogP contribution in [0.5, 0.6) is 5.75 Å². The SMILES string of the molecule is COc1cc(F)cc2c1nc(NC(OC)(OC)c1ccccc1)n1nc(C3CCCNC3)nc21. The largest absolute Gasteiger partial charge is 0.494 e. The van der Waals surface area contributed by atoms with Crippen LogP contribution in [0.3, 0.4) is 0 Å². The first-order chi connectivity index (χ1) is 16.6. The molecule has 34 heavy (non-hydrogen) atoms. The van der Waals surface area contributed by atoms with E-state index in [4.69, 9.17) is 29.3 Å². The standard InChI is InChI=1S/C24H27FN6O3/c1-32-19-13-17(25)12-18-20(19)27-23(29-24(33-2,34-3)16-9-5-4-6-10-16)31-22(18)28-21(30-31)15-8-7-11-26-14-15/h4-6,9-10,12-13,15,26H,7-8,11,14H2,1-3H3,(H,27,29). The molecule has 5 rings (SSSR count). The zero-order valence-electron chi connectivity index (χ0n) is 19.3. The Morgan fingerprint density at radius 1 is 1.12 bits per heavy atom. The normalized spacial score (nSPS) is 16.8. The number of ether oxygens (including phenoxy) is 3. The third-order valence-electron chi connectivity index (χ3n) is 6.21. The number of halogens is 1. The van der Waals surface area contributed by atoms with Crippen molar-refractivity contribution < 1.29 is 18.6 Å². The first-order valence-corrected chi connectivity index (χ1v) is 11.2.